The molecule has 2 aromatic rings. The number of halogens is 3. The molecule has 1 aromatic carbocycles. The van der Waals surface area contributed by atoms with Gasteiger partial charge >= 0.3 is 10.1 Å². The minimum Gasteiger partial charge on any atom is -0.396 e. The second-order valence-electron chi connectivity index (χ2n) is 5.54. The smallest absolute Gasteiger partial charge is 0.357 e. The summed E-state index contributed by atoms with van der Waals surface area (Å²) in [5.74, 6) is -2.99. The van der Waals surface area contributed by atoms with Crippen LogP contribution in [0.15, 0.2) is 23.2 Å². The lowest BCUT2D eigenvalue weighted by atomic mass is 10.1. The van der Waals surface area contributed by atoms with E-state index in [2.05, 4.69) is 4.98 Å². The van der Waals surface area contributed by atoms with E-state index in [0.29, 0.717) is 18.2 Å². The minimum atomic E-state index is -4.62. The van der Waals surface area contributed by atoms with E-state index in [0.717, 1.165) is 4.57 Å². The summed E-state index contributed by atoms with van der Waals surface area (Å²) in [6.45, 7) is 1.72. The SMILES string of the molecule is CC(C)c1nc(CCO)n(CF)c1S(=O)(=O)Oc1cc(F)cc(F)c1. The number of aromatic nitrogens is 2. The molecule has 0 amide bonds. The van der Waals surface area contributed by atoms with Crippen molar-refractivity contribution in [1.29, 1.82) is 0 Å². The lowest BCUT2D eigenvalue weighted by molar-refractivity contribution is 0.285. The van der Waals surface area contributed by atoms with Gasteiger partial charge in [0.15, 0.2) is 11.8 Å². The van der Waals surface area contributed by atoms with Crippen LogP contribution in [0.3, 0.4) is 0 Å². The quantitative estimate of drug-likeness (QED) is 0.749. The first kappa shape index (κ1) is 19.3. The monoisotopic (exact) mass is 378 g/mol. The lowest BCUT2D eigenvalue weighted by Gasteiger charge is -2.12. The second-order valence-corrected chi connectivity index (χ2v) is 7.00. The molecule has 0 fully saturated rings. The summed E-state index contributed by atoms with van der Waals surface area (Å²) in [7, 11) is -4.62. The van der Waals surface area contributed by atoms with Gasteiger partial charge in [-0.05, 0) is 5.92 Å². The number of hydrogen-bond acceptors (Lipinski definition) is 5. The first-order chi connectivity index (χ1) is 11.7. The average Bonchev–Trinajstić information content (AvgIpc) is 2.85. The number of aliphatic hydroxyl groups excluding tert-OH is 1. The number of rotatable bonds is 7. The van der Waals surface area contributed by atoms with Crippen LogP contribution < -0.4 is 4.18 Å². The molecule has 0 aliphatic heterocycles. The molecule has 0 saturated carbocycles. The van der Waals surface area contributed by atoms with Gasteiger partial charge in [0.25, 0.3) is 0 Å². The highest BCUT2D eigenvalue weighted by atomic mass is 32.2. The van der Waals surface area contributed by atoms with Gasteiger partial charge < -0.3 is 9.29 Å². The fraction of sp³-hybridized carbons (Fsp3) is 0.400. The molecule has 2 rings (SSSR count). The van der Waals surface area contributed by atoms with Gasteiger partial charge in [-0.1, -0.05) is 13.8 Å². The summed E-state index contributed by atoms with van der Waals surface area (Å²) >= 11 is 0. The molecule has 1 aromatic heterocycles. The third kappa shape index (κ3) is 4.13. The Morgan fingerprint density at radius 1 is 1.24 bits per heavy atom. The van der Waals surface area contributed by atoms with Gasteiger partial charge in [-0.15, -0.1) is 0 Å². The number of imidazole rings is 1. The molecule has 0 atom stereocenters. The van der Waals surface area contributed by atoms with Gasteiger partial charge in [0.05, 0.1) is 12.3 Å². The topological polar surface area (TPSA) is 81.4 Å². The molecule has 1 N–H and O–H groups in total. The average molecular weight is 378 g/mol. The van der Waals surface area contributed by atoms with Crippen LogP contribution in [-0.4, -0.2) is 29.7 Å². The molecule has 0 saturated heterocycles. The summed E-state index contributed by atoms with van der Waals surface area (Å²) in [5.41, 5.74) is 0.0398. The molecule has 10 heteroatoms. The predicted octanol–water partition coefficient (Wildman–Crippen LogP) is 2.51. The van der Waals surface area contributed by atoms with Crippen molar-refractivity contribution in [1.82, 2.24) is 9.55 Å². The Morgan fingerprint density at radius 3 is 2.32 bits per heavy atom. The van der Waals surface area contributed by atoms with Crippen molar-refractivity contribution >= 4 is 10.1 Å². The molecule has 25 heavy (non-hydrogen) atoms. The highest BCUT2D eigenvalue weighted by molar-refractivity contribution is 7.87. The Labute approximate surface area is 143 Å². The van der Waals surface area contributed by atoms with E-state index >= 15 is 0 Å². The number of alkyl halides is 1. The Kier molecular flexibility index (Phi) is 5.73. The maximum absolute atomic E-state index is 13.4. The first-order valence-electron chi connectivity index (χ1n) is 7.36. The van der Waals surface area contributed by atoms with Crippen molar-refractivity contribution in [2.24, 2.45) is 0 Å². The standard InChI is InChI=1S/C15H17F3N2O4S/c1-9(2)14-15(20(8-16)13(19-14)3-4-21)25(22,23)24-12-6-10(17)5-11(18)7-12/h5-7,9,21H,3-4,8H2,1-2H3. The van der Waals surface area contributed by atoms with Crippen LogP contribution in [0.2, 0.25) is 0 Å². The maximum atomic E-state index is 13.4. The Morgan fingerprint density at radius 2 is 1.84 bits per heavy atom. The lowest BCUT2D eigenvalue weighted by Crippen LogP contribution is -2.18. The third-order valence-electron chi connectivity index (χ3n) is 3.31. The fourth-order valence-electron chi connectivity index (χ4n) is 2.30. The summed E-state index contributed by atoms with van der Waals surface area (Å²) in [4.78, 5) is 4.07. The zero-order chi connectivity index (χ0) is 18.8. The van der Waals surface area contributed by atoms with Crippen LogP contribution in [0.1, 0.15) is 31.3 Å². The van der Waals surface area contributed by atoms with Gasteiger partial charge in [0, 0.05) is 24.6 Å². The van der Waals surface area contributed by atoms with E-state index in [4.69, 9.17) is 9.29 Å². The normalized spacial score (nSPS) is 12.0. The molecule has 0 aliphatic carbocycles. The Bertz CT molecular complexity index is 846. The molecule has 0 radical (unpaired) electrons. The fourth-order valence-corrected chi connectivity index (χ4v) is 3.69. The van der Waals surface area contributed by atoms with Crippen LogP contribution in [0.4, 0.5) is 13.2 Å². The van der Waals surface area contributed by atoms with Crippen molar-refractivity contribution in [3.63, 3.8) is 0 Å². The molecule has 0 unspecified atom stereocenters. The Balaban J connectivity index is 2.57. The highest BCUT2D eigenvalue weighted by Crippen LogP contribution is 2.28. The van der Waals surface area contributed by atoms with Crippen LogP contribution in [0.25, 0.3) is 0 Å². The molecule has 1 heterocycles. The van der Waals surface area contributed by atoms with Crippen molar-refractivity contribution < 1.29 is 30.9 Å². The second kappa shape index (κ2) is 7.44. The first-order valence-corrected chi connectivity index (χ1v) is 8.77. The molecule has 138 valence electrons. The third-order valence-corrected chi connectivity index (χ3v) is 4.62. The zero-order valence-electron chi connectivity index (χ0n) is 13.5. The van der Waals surface area contributed by atoms with Crippen LogP contribution >= 0.6 is 0 Å². The van der Waals surface area contributed by atoms with Crippen LogP contribution in [0.5, 0.6) is 5.75 Å². The highest BCUT2D eigenvalue weighted by Gasteiger charge is 2.31. The summed E-state index contributed by atoms with van der Waals surface area (Å²) in [6.07, 6.45) is -0.0618. The molecule has 0 aliphatic rings. The van der Waals surface area contributed by atoms with E-state index in [-0.39, 0.29) is 24.5 Å². The molecular weight excluding hydrogens is 361 g/mol. The van der Waals surface area contributed by atoms with E-state index in [9.17, 15) is 21.6 Å². The largest absolute Gasteiger partial charge is 0.396 e. The van der Waals surface area contributed by atoms with Gasteiger partial charge in [-0.3, -0.25) is 4.57 Å². The van der Waals surface area contributed by atoms with Crippen molar-refractivity contribution in [2.75, 3.05) is 6.61 Å². The van der Waals surface area contributed by atoms with E-state index in [1.807, 2.05) is 0 Å². The van der Waals surface area contributed by atoms with Crippen LogP contribution in [-0.2, 0) is 23.3 Å². The molecule has 0 spiro atoms. The summed E-state index contributed by atoms with van der Waals surface area (Å²) < 4.78 is 70.6. The van der Waals surface area contributed by atoms with Gasteiger partial charge in [-0.2, -0.15) is 8.42 Å². The molecule has 0 bridgehead atoms. The molecule has 6 nitrogen and oxygen atoms in total. The minimum absolute atomic E-state index is 0.0290. The van der Waals surface area contributed by atoms with E-state index < -0.39 is 45.2 Å². The zero-order valence-corrected chi connectivity index (χ0v) is 14.4. The van der Waals surface area contributed by atoms with Crippen molar-refractivity contribution in [2.45, 2.75) is 38.0 Å². The van der Waals surface area contributed by atoms with Crippen molar-refractivity contribution in [3.05, 3.63) is 41.4 Å². The number of aliphatic hydroxyl groups is 1. The van der Waals surface area contributed by atoms with E-state index in [1.165, 1.54) is 0 Å². The van der Waals surface area contributed by atoms with E-state index in [1.54, 1.807) is 13.8 Å². The summed E-state index contributed by atoms with van der Waals surface area (Å²) in [5, 5.41) is 8.49. The van der Waals surface area contributed by atoms with Gasteiger partial charge in [-0.25, -0.2) is 18.2 Å². The van der Waals surface area contributed by atoms with Gasteiger partial charge in [0.1, 0.15) is 23.2 Å². The summed E-state index contributed by atoms with van der Waals surface area (Å²) in [6, 6.07) is 1.95. The number of nitrogens with zero attached hydrogens (tertiary/aromatic N) is 2. The predicted molar refractivity (Wildman–Crippen MR) is 82.4 cm³/mol. The maximum Gasteiger partial charge on any atom is 0.357 e. The number of hydrogen-bond donors (Lipinski definition) is 1. The molecular formula is C15H17F3N2O4S. The van der Waals surface area contributed by atoms with Gasteiger partial charge in [0.2, 0.25) is 0 Å². The van der Waals surface area contributed by atoms with Crippen molar-refractivity contribution in [3.8, 4) is 5.75 Å². The Hall–Kier alpha value is -2.07. The van der Waals surface area contributed by atoms with Crippen LogP contribution in [0, 0.1) is 11.6 Å². The number of benzene rings is 1.